The van der Waals surface area contributed by atoms with Crippen LogP contribution in [0.5, 0.6) is 5.75 Å². The Labute approximate surface area is 144 Å². The molecule has 0 atom stereocenters. The molecule has 0 saturated carbocycles. The van der Waals surface area contributed by atoms with Crippen LogP contribution in [0.15, 0.2) is 59.7 Å². The van der Waals surface area contributed by atoms with E-state index in [0.29, 0.717) is 16.6 Å². The molecule has 0 saturated heterocycles. The van der Waals surface area contributed by atoms with Crippen molar-refractivity contribution in [2.75, 3.05) is 0 Å². The number of nitrogens with one attached hydrogen (secondary N) is 1. The highest BCUT2D eigenvalue weighted by Gasteiger charge is 2.13. The predicted octanol–water partition coefficient (Wildman–Crippen LogP) is 3.70. The molecule has 1 aromatic carbocycles. The summed E-state index contributed by atoms with van der Waals surface area (Å²) in [5.74, 6) is 0.00778. The van der Waals surface area contributed by atoms with Gasteiger partial charge in [-0.25, -0.2) is 0 Å². The van der Waals surface area contributed by atoms with Gasteiger partial charge in [0.1, 0.15) is 11.3 Å². The zero-order valence-electron chi connectivity index (χ0n) is 13.9. The summed E-state index contributed by atoms with van der Waals surface area (Å²) in [5.41, 5.74) is 5.25. The lowest BCUT2D eigenvalue weighted by atomic mass is 10.1. The largest absolute Gasteiger partial charge is 0.505 e. The van der Waals surface area contributed by atoms with Gasteiger partial charge >= 0.3 is 0 Å². The molecule has 0 aliphatic carbocycles. The summed E-state index contributed by atoms with van der Waals surface area (Å²) < 4.78 is 1.86. The van der Waals surface area contributed by atoms with E-state index >= 15 is 0 Å². The fourth-order valence-corrected chi connectivity index (χ4v) is 3.06. The zero-order valence-corrected chi connectivity index (χ0v) is 13.9. The third-order valence-corrected chi connectivity index (χ3v) is 4.48. The summed E-state index contributed by atoms with van der Waals surface area (Å²) in [7, 11) is 0. The third-order valence-electron chi connectivity index (χ3n) is 4.48. The molecular weight excluding hydrogens is 314 g/mol. The number of benzene rings is 1. The van der Waals surface area contributed by atoms with E-state index in [9.17, 15) is 9.90 Å². The Bertz CT molecular complexity index is 1140. The van der Waals surface area contributed by atoms with Crippen molar-refractivity contribution in [1.82, 2.24) is 14.5 Å². The van der Waals surface area contributed by atoms with E-state index in [4.69, 9.17) is 0 Å². The van der Waals surface area contributed by atoms with Crippen molar-refractivity contribution in [3.63, 3.8) is 0 Å². The summed E-state index contributed by atoms with van der Waals surface area (Å²) >= 11 is 0. The third kappa shape index (κ3) is 2.41. The van der Waals surface area contributed by atoms with E-state index in [1.807, 2.05) is 54.1 Å². The average Bonchev–Trinajstić information content (AvgIpc) is 3.04. The minimum atomic E-state index is -0.274. The van der Waals surface area contributed by atoms with Gasteiger partial charge in [-0.2, -0.15) is 0 Å². The first-order chi connectivity index (χ1) is 12.1. The second-order valence-corrected chi connectivity index (χ2v) is 6.09. The summed E-state index contributed by atoms with van der Waals surface area (Å²) in [6, 6.07) is 13.7. The lowest BCUT2D eigenvalue weighted by molar-refractivity contribution is 0.474. The van der Waals surface area contributed by atoms with Crippen LogP contribution in [0.3, 0.4) is 0 Å². The highest BCUT2D eigenvalue weighted by Crippen LogP contribution is 2.29. The van der Waals surface area contributed by atoms with Crippen molar-refractivity contribution in [3.8, 4) is 22.7 Å². The number of hydrogen-bond donors (Lipinski definition) is 2. The second kappa shape index (κ2) is 5.63. The van der Waals surface area contributed by atoms with E-state index in [0.717, 1.165) is 22.5 Å². The molecule has 0 aliphatic heterocycles. The zero-order chi connectivity index (χ0) is 17.6. The number of fused-ring (bicyclic) bond motifs is 1. The second-order valence-electron chi connectivity index (χ2n) is 6.09. The molecule has 0 aliphatic rings. The maximum Gasteiger partial charge on any atom is 0.255 e. The maximum atomic E-state index is 11.8. The van der Waals surface area contributed by atoms with Crippen LogP contribution < -0.4 is 5.56 Å². The van der Waals surface area contributed by atoms with Gasteiger partial charge in [-0.05, 0) is 43.7 Å². The minimum absolute atomic E-state index is 0.00778. The van der Waals surface area contributed by atoms with Crippen LogP contribution in [0.1, 0.15) is 11.1 Å². The van der Waals surface area contributed by atoms with Gasteiger partial charge in [0.2, 0.25) is 0 Å². The van der Waals surface area contributed by atoms with Crippen LogP contribution in [-0.4, -0.2) is 19.6 Å². The van der Waals surface area contributed by atoms with Gasteiger partial charge in [0, 0.05) is 23.6 Å². The molecule has 4 aromatic rings. The van der Waals surface area contributed by atoms with E-state index in [1.165, 1.54) is 0 Å². The molecule has 0 unspecified atom stereocenters. The maximum absolute atomic E-state index is 11.8. The Morgan fingerprint density at radius 1 is 1.08 bits per heavy atom. The molecule has 3 heterocycles. The Morgan fingerprint density at radius 3 is 2.56 bits per heavy atom. The molecular formula is C20H17N3O2. The molecule has 25 heavy (non-hydrogen) atoms. The molecule has 0 amide bonds. The van der Waals surface area contributed by atoms with E-state index in [2.05, 4.69) is 9.97 Å². The smallest absolute Gasteiger partial charge is 0.255 e. The monoisotopic (exact) mass is 331 g/mol. The van der Waals surface area contributed by atoms with E-state index < -0.39 is 0 Å². The summed E-state index contributed by atoms with van der Waals surface area (Å²) in [6.45, 7) is 3.64. The number of pyridine rings is 2. The van der Waals surface area contributed by atoms with Crippen LogP contribution in [0.25, 0.3) is 28.0 Å². The number of aromatic hydroxyl groups is 1. The predicted molar refractivity (Wildman–Crippen MR) is 98.3 cm³/mol. The molecule has 0 spiro atoms. The molecule has 5 heteroatoms. The van der Waals surface area contributed by atoms with Gasteiger partial charge in [0.25, 0.3) is 5.56 Å². The van der Waals surface area contributed by atoms with Gasteiger partial charge in [-0.3, -0.25) is 9.78 Å². The van der Waals surface area contributed by atoms with Crippen LogP contribution >= 0.6 is 0 Å². The lowest BCUT2D eigenvalue weighted by Gasteiger charge is -2.10. The van der Waals surface area contributed by atoms with E-state index in [-0.39, 0.29) is 11.3 Å². The highest BCUT2D eigenvalue weighted by atomic mass is 16.3. The average molecular weight is 331 g/mol. The highest BCUT2D eigenvalue weighted by molar-refractivity contribution is 5.85. The Hall–Kier alpha value is -3.34. The van der Waals surface area contributed by atoms with Crippen molar-refractivity contribution >= 4 is 11.0 Å². The van der Waals surface area contributed by atoms with Crippen LogP contribution in [0, 0.1) is 13.8 Å². The first kappa shape index (κ1) is 15.2. The number of nitrogens with zero attached hydrogens (tertiary/aromatic N) is 2. The normalized spacial score (nSPS) is 11.1. The molecule has 3 aromatic heterocycles. The molecule has 0 fully saturated rings. The summed E-state index contributed by atoms with van der Waals surface area (Å²) in [6.07, 6.45) is 3.62. The number of H-pyrrole nitrogens is 1. The number of aryl methyl sites for hydroxylation is 1. The van der Waals surface area contributed by atoms with Crippen LogP contribution in [-0.2, 0) is 0 Å². The molecule has 124 valence electrons. The van der Waals surface area contributed by atoms with Crippen molar-refractivity contribution < 1.29 is 5.11 Å². The number of aromatic nitrogens is 3. The van der Waals surface area contributed by atoms with Crippen molar-refractivity contribution in [2.45, 2.75) is 13.8 Å². The summed E-state index contributed by atoms with van der Waals surface area (Å²) in [5, 5.41) is 10.4. The lowest BCUT2D eigenvalue weighted by Crippen LogP contribution is -2.09. The standard InChI is InChI=1S/C20H17N3O2/c1-12-4-3-10-21-17(12)14-5-7-15(8-6-14)23-11-9-16-18(23)19(24)13(2)20(25)22-16/h3-11H,1-2H3,(H2,22,24,25). The van der Waals surface area contributed by atoms with Crippen molar-refractivity contribution in [3.05, 3.63) is 76.3 Å². The van der Waals surface area contributed by atoms with Gasteiger partial charge in [-0.1, -0.05) is 18.2 Å². The Balaban J connectivity index is 1.84. The first-order valence-electron chi connectivity index (χ1n) is 8.01. The fourth-order valence-electron chi connectivity index (χ4n) is 3.06. The molecule has 5 nitrogen and oxygen atoms in total. The number of aromatic amines is 1. The molecule has 4 rings (SSSR count). The van der Waals surface area contributed by atoms with Gasteiger partial charge in [-0.15, -0.1) is 0 Å². The number of rotatable bonds is 2. The van der Waals surface area contributed by atoms with Crippen molar-refractivity contribution in [2.24, 2.45) is 0 Å². The Kier molecular flexibility index (Phi) is 3.42. The van der Waals surface area contributed by atoms with Gasteiger partial charge in [0.15, 0.2) is 0 Å². The van der Waals surface area contributed by atoms with Gasteiger partial charge in [0.05, 0.1) is 16.8 Å². The van der Waals surface area contributed by atoms with Crippen molar-refractivity contribution in [1.29, 1.82) is 0 Å². The quantitative estimate of drug-likeness (QED) is 0.588. The van der Waals surface area contributed by atoms with Crippen LogP contribution in [0.4, 0.5) is 0 Å². The fraction of sp³-hybridized carbons (Fsp3) is 0.100. The van der Waals surface area contributed by atoms with Crippen LogP contribution in [0.2, 0.25) is 0 Å². The SMILES string of the molecule is Cc1cccnc1-c1ccc(-n2ccc3[nH]c(=O)c(C)c(O)c32)cc1. The first-order valence-corrected chi connectivity index (χ1v) is 8.01. The Morgan fingerprint density at radius 2 is 1.84 bits per heavy atom. The number of hydrogen-bond acceptors (Lipinski definition) is 3. The van der Waals surface area contributed by atoms with Gasteiger partial charge < -0.3 is 14.7 Å². The topological polar surface area (TPSA) is 70.9 Å². The summed E-state index contributed by atoms with van der Waals surface area (Å²) in [4.78, 5) is 19.0. The van der Waals surface area contributed by atoms with E-state index in [1.54, 1.807) is 19.2 Å². The molecule has 2 N–H and O–H groups in total. The molecule has 0 radical (unpaired) electrons. The minimum Gasteiger partial charge on any atom is -0.505 e. The molecule has 0 bridgehead atoms.